The summed E-state index contributed by atoms with van der Waals surface area (Å²) in [7, 11) is 0. The average molecular weight is 230 g/mol. The normalized spacial score (nSPS) is 14.6. The van der Waals surface area contributed by atoms with Gasteiger partial charge in [-0.15, -0.1) is 0 Å². The SMILES string of the molecule is Cc1cc(C(=O)C2=CC=CCC2)c(C)cc1F. The van der Waals surface area contributed by atoms with E-state index in [4.69, 9.17) is 0 Å². The number of rotatable bonds is 2. The van der Waals surface area contributed by atoms with E-state index in [0.29, 0.717) is 16.7 Å². The number of hydrogen-bond acceptors (Lipinski definition) is 1. The third-order valence-electron chi connectivity index (χ3n) is 3.06. The second-order valence-corrected chi connectivity index (χ2v) is 4.40. The molecule has 2 rings (SSSR count). The number of carbonyl (C=O) groups is 1. The van der Waals surface area contributed by atoms with Crippen LogP contribution in [0.2, 0.25) is 0 Å². The van der Waals surface area contributed by atoms with E-state index >= 15 is 0 Å². The minimum Gasteiger partial charge on any atom is -0.289 e. The lowest BCUT2D eigenvalue weighted by molar-refractivity contribution is 0.103. The zero-order valence-electron chi connectivity index (χ0n) is 10.1. The Morgan fingerprint density at radius 1 is 1.24 bits per heavy atom. The van der Waals surface area contributed by atoms with E-state index in [1.807, 2.05) is 18.2 Å². The third kappa shape index (κ3) is 2.36. The summed E-state index contributed by atoms with van der Waals surface area (Å²) in [5.74, 6) is -0.230. The number of benzene rings is 1. The Hall–Kier alpha value is -1.70. The summed E-state index contributed by atoms with van der Waals surface area (Å²) in [6.45, 7) is 3.45. The summed E-state index contributed by atoms with van der Waals surface area (Å²) in [5, 5.41) is 0. The zero-order chi connectivity index (χ0) is 12.4. The largest absolute Gasteiger partial charge is 0.289 e. The molecule has 0 amide bonds. The van der Waals surface area contributed by atoms with Crippen LogP contribution in [0.1, 0.15) is 34.3 Å². The van der Waals surface area contributed by atoms with Crippen molar-refractivity contribution in [2.24, 2.45) is 0 Å². The van der Waals surface area contributed by atoms with Crippen LogP contribution in [0.25, 0.3) is 0 Å². The Kier molecular flexibility index (Phi) is 3.23. The molecule has 0 aliphatic heterocycles. The predicted octanol–water partition coefficient (Wildman–Crippen LogP) is 3.90. The summed E-state index contributed by atoms with van der Waals surface area (Å²) >= 11 is 0. The van der Waals surface area contributed by atoms with Gasteiger partial charge in [-0.3, -0.25) is 4.79 Å². The summed E-state index contributed by atoms with van der Waals surface area (Å²) < 4.78 is 13.3. The molecule has 0 bridgehead atoms. The van der Waals surface area contributed by atoms with Crippen molar-refractivity contribution in [3.8, 4) is 0 Å². The Labute approximate surface area is 101 Å². The topological polar surface area (TPSA) is 17.1 Å². The lowest BCUT2D eigenvalue weighted by Gasteiger charge is -2.11. The van der Waals surface area contributed by atoms with Gasteiger partial charge in [-0.1, -0.05) is 18.2 Å². The van der Waals surface area contributed by atoms with E-state index in [2.05, 4.69) is 0 Å². The predicted molar refractivity (Wildman–Crippen MR) is 66.7 cm³/mol. The molecular weight excluding hydrogens is 215 g/mol. The molecule has 1 aliphatic carbocycles. The quantitative estimate of drug-likeness (QED) is 0.704. The van der Waals surface area contributed by atoms with E-state index < -0.39 is 0 Å². The number of Topliss-reactive ketones (excluding diaryl/α,β-unsaturated/α-hetero) is 1. The van der Waals surface area contributed by atoms with Crippen molar-refractivity contribution in [3.05, 3.63) is 58.4 Å². The summed E-state index contributed by atoms with van der Waals surface area (Å²) in [4.78, 5) is 12.3. The maximum absolute atomic E-state index is 13.3. The number of halogens is 1. The molecule has 0 unspecified atom stereocenters. The van der Waals surface area contributed by atoms with E-state index in [9.17, 15) is 9.18 Å². The Morgan fingerprint density at radius 3 is 2.65 bits per heavy atom. The molecule has 0 saturated heterocycles. The monoisotopic (exact) mass is 230 g/mol. The van der Waals surface area contributed by atoms with Gasteiger partial charge >= 0.3 is 0 Å². The second-order valence-electron chi connectivity index (χ2n) is 4.40. The fourth-order valence-electron chi connectivity index (χ4n) is 1.99. The average Bonchev–Trinajstić information content (AvgIpc) is 2.34. The summed E-state index contributed by atoms with van der Waals surface area (Å²) in [6, 6.07) is 3.08. The molecule has 0 N–H and O–H groups in total. The molecule has 2 heteroatoms. The highest BCUT2D eigenvalue weighted by Crippen LogP contribution is 2.22. The van der Waals surface area contributed by atoms with Crippen molar-refractivity contribution >= 4 is 5.78 Å². The van der Waals surface area contributed by atoms with Gasteiger partial charge in [0.05, 0.1) is 0 Å². The molecule has 17 heavy (non-hydrogen) atoms. The van der Waals surface area contributed by atoms with Crippen molar-refractivity contribution in [1.29, 1.82) is 0 Å². The van der Waals surface area contributed by atoms with Crippen LogP contribution in [0.15, 0.2) is 35.9 Å². The van der Waals surface area contributed by atoms with Gasteiger partial charge in [0, 0.05) is 11.1 Å². The van der Waals surface area contributed by atoms with Crippen LogP contribution in [-0.4, -0.2) is 5.78 Å². The first kappa shape index (κ1) is 11.8. The van der Waals surface area contributed by atoms with Crippen molar-refractivity contribution in [1.82, 2.24) is 0 Å². The van der Waals surface area contributed by atoms with Gasteiger partial charge in [0.15, 0.2) is 5.78 Å². The number of hydrogen-bond donors (Lipinski definition) is 0. The van der Waals surface area contributed by atoms with Crippen LogP contribution < -0.4 is 0 Å². The molecule has 0 spiro atoms. The lowest BCUT2D eigenvalue weighted by atomic mass is 9.93. The summed E-state index contributed by atoms with van der Waals surface area (Å²) in [6.07, 6.45) is 7.47. The molecule has 1 aromatic rings. The number of ketones is 1. The van der Waals surface area contributed by atoms with Crippen LogP contribution in [0.4, 0.5) is 4.39 Å². The molecule has 0 heterocycles. The van der Waals surface area contributed by atoms with Crippen molar-refractivity contribution in [2.75, 3.05) is 0 Å². The maximum atomic E-state index is 13.3. The summed E-state index contributed by atoms with van der Waals surface area (Å²) in [5.41, 5.74) is 2.64. The van der Waals surface area contributed by atoms with Gasteiger partial charge in [-0.05, 0) is 49.9 Å². The number of aryl methyl sites for hydroxylation is 2. The molecule has 0 radical (unpaired) electrons. The minimum absolute atomic E-state index is 0.0231. The standard InChI is InChI=1S/C15H15FO/c1-10-9-14(16)11(2)8-13(10)15(17)12-6-4-3-5-7-12/h3-4,6,8-9H,5,7H2,1-2H3. The first-order valence-electron chi connectivity index (χ1n) is 5.76. The maximum Gasteiger partial charge on any atom is 0.189 e. The minimum atomic E-state index is -0.253. The molecular formula is C15H15FO. The van der Waals surface area contributed by atoms with Gasteiger partial charge in [0.25, 0.3) is 0 Å². The van der Waals surface area contributed by atoms with Crippen LogP contribution in [0.3, 0.4) is 0 Å². The Morgan fingerprint density at radius 2 is 2.00 bits per heavy atom. The highest BCUT2D eigenvalue weighted by atomic mass is 19.1. The molecule has 88 valence electrons. The van der Waals surface area contributed by atoms with Gasteiger partial charge in [-0.2, -0.15) is 0 Å². The fraction of sp³-hybridized carbons (Fsp3) is 0.267. The van der Waals surface area contributed by atoms with Crippen LogP contribution in [0.5, 0.6) is 0 Å². The lowest BCUT2D eigenvalue weighted by Crippen LogP contribution is -2.08. The Bertz CT molecular complexity index is 524. The molecule has 0 atom stereocenters. The van der Waals surface area contributed by atoms with Crippen LogP contribution >= 0.6 is 0 Å². The number of allylic oxidation sites excluding steroid dienone is 4. The third-order valence-corrected chi connectivity index (χ3v) is 3.06. The molecule has 0 aromatic heterocycles. The molecule has 0 saturated carbocycles. The fourth-order valence-corrected chi connectivity index (χ4v) is 1.99. The van der Waals surface area contributed by atoms with Gasteiger partial charge in [0.2, 0.25) is 0 Å². The Balaban J connectivity index is 2.40. The van der Waals surface area contributed by atoms with E-state index in [-0.39, 0.29) is 11.6 Å². The molecule has 1 aromatic carbocycles. The molecule has 1 nitrogen and oxygen atoms in total. The highest BCUT2D eigenvalue weighted by molar-refractivity contribution is 6.10. The highest BCUT2D eigenvalue weighted by Gasteiger charge is 2.16. The van der Waals surface area contributed by atoms with Crippen molar-refractivity contribution in [2.45, 2.75) is 26.7 Å². The van der Waals surface area contributed by atoms with E-state index in [0.717, 1.165) is 18.4 Å². The molecule has 1 aliphatic rings. The second kappa shape index (κ2) is 4.66. The van der Waals surface area contributed by atoms with Gasteiger partial charge < -0.3 is 0 Å². The zero-order valence-corrected chi connectivity index (χ0v) is 10.1. The van der Waals surface area contributed by atoms with Gasteiger partial charge in [0.1, 0.15) is 5.82 Å². The van der Waals surface area contributed by atoms with Gasteiger partial charge in [-0.25, -0.2) is 4.39 Å². The first-order chi connectivity index (χ1) is 8.09. The van der Waals surface area contributed by atoms with E-state index in [1.54, 1.807) is 19.9 Å². The van der Waals surface area contributed by atoms with E-state index in [1.165, 1.54) is 6.07 Å². The van der Waals surface area contributed by atoms with Crippen LogP contribution in [0, 0.1) is 19.7 Å². The van der Waals surface area contributed by atoms with Crippen molar-refractivity contribution < 1.29 is 9.18 Å². The van der Waals surface area contributed by atoms with Crippen LogP contribution in [-0.2, 0) is 0 Å². The number of carbonyl (C=O) groups excluding carboxylic acids is 1. The first-order valence-corrected chi connectivity index (χ1v) is 5.76. The van der Waals surface area contributed by atoms with Crippen molar-refractivity contribution in [3.63, 3.8) is 0 Å². The smallest absolute Gasteiger partial charge is 0.189 e. The molecule has 0 fully saturated rings.